The summed E-state index contributed by atoms with van der Waals surface area (Å²) in [7, 11) is 4.00. The summed E-state index contributed by atoms with van der Waals surface area (Å²) < 4.78 is 12.8. The highest BCUT2D eigenvalue weighted by atomic mass is 16.5. The van der Waals surface area contributed by atoms with Gasteiger partial charge in [0.25, 0.3) is 5.91 Å². The number of piperidine rings is 1. The number of aliphatic hydroxyl groups is 7. The first-order valence-electron chi connectivity index (χ1n) is 31.3. The highest BCUT2D eigenvalue weighted by molar-refractivity contribution is 6.00. The van der Waals surface area contributed by atoms with E-state index in [0.717, 1.165) is 90.3 Å². The Balaban J connectivity index is 1.14. The van der Waals surface area contributed by atoms with Crippen molar-refractivity contribution in [3.63, 3.8) is 0 Å². The van der Waals surface area contributed by atoms with Gasteiger partial charge in [-0.25, -0.2) is 0 Å². The zero-order valence-corrected chi connectivity index (χ0v) is 52.3. The smallest absolute Gasteiger partial charge is 0.251 e. The number of rotatable bonds is 17. The van der Waals surface area contributed by atoms with Gasteiger partial charge >= 0.3 is 0 Å². The number of nitrogens with zero attached hydrogens (tertiary/aromatic N) is 3. The third kappa shape index (κ3) is 16.9. The first kappa shape index (κ1) is 69.3. The van der Waals surface area contributed by atoms with E-state index in [0.29, 0.717) is 17.5 Å². The van der Waals surface area contributed by atoms with Gasteiger partial charge < -0.3 is 91.2 Å². The number of aromatic hydroxyl groups is 1. The van der Waals surface area contributed by atoms with Crippen LogP contribution in [-0.2, 0) is 33.5 Å². The van der Waals surface area contributed by atoms with Crippen molar-refractivity contribution in [1.29, 1.82) is 0 Å². The van der Waals surface area contributed by atoms with Gasteiger partial charge in [0.05, 0.1) is 51.7 Å². The predicted octanol–water partition coefficient (Wildman–Crippen LogP) is 0.726. The summed E-state index contributed by atoms with van der Waals surface area (Å²) in [6, 6.07) is 15.2. The van der Waals surface area contributed by atoms with Crippen molar-refractivity contribution in [3.8, 4) is 33.8 Å². The maximum absolute atomic E-state index is 14.9. The molecule has 4 saturated heterocycles. The van der Waals surface area contributed by atoms with Crippen molar-refractivity contribution >= 4 is 41.4 Å². The monoisotopic (exact) mass is 1270 g/mol. The van der Waals surface area contributed by atoms with Crippen LogP contribution in [0.25, 0.3) is 22.3 Å². The molecule has 0 aliphatic carbocycles. The summed E-state index contributed by atoms with van der Waals surface area (Å²) in [5.41, 5.74) is 3.51. The summed E-state index contributed by atoms with van der Waals surface area (Å²) in [5.74, 6) is -8.16. The molecular formula is C66H89N8O17+. The molecule has 0 spiro atoms. The van der Waals surface area contributed by atoms with Gasteiger partial charge in [-0.2, -0.15) is 0 Å². The van der Waals surface area contributed by atoms with Gasteiger partial charge in [0.1, 0.15) is 78.7 Å². The molecule has 16 atom stereocenters. The van der Waals surface area contributed by atoms with Gasteiger partial charge in [-0.15, -0.1) is 0 Å². The number of carbonyl (C=O) groups is 7. The highest BCUT2D eigenvalue weighted by Crippen LogP contribution is 2.31. The van der Waals surface area contributed by atoms with Crippen molar-refractivity contribution < 1.29 is 88.4 Å². The van der Waals surface area contributed by atoms with Crippen LogP contribution < -0.4 is 31.3 Å². The fourth-order valence-corrected chi connectivity index (χ4v) is 12.3. The molecule has 25 heteroatoms. The number of ether oxygens (including phenoxy) is 2. The zero-order valence-electron chi connectivity index (χ0n) is 52.3. The van der Waals surface area contributed by atoms with Crippen LogP contribution in [0.3, 0.4) is 0 Å². The molecule has 494 valence electrons. The normalized spacial score (nSPS) is 28.4. The number of benzene rings is 4. The van der Waals surface area contributed by atoms with Crippen LogP contribution in [0.15, 0.2) is 97.1 Å². The first-order valence-corrected chi connectivity index (χ1v) is 31.3. The Kier molecular flexibility index (Phi) is 23.4. The van der Waals surface area contributed by atoms with Crippen LogP contribution in [0.4, 0.5) is 0 Å². The van der Waals surface area contributed by atoms with Gasteiger partial charge in [-0.1, -0.05) is 87.4 Å². The van der Waals surface area contributed by atoms with Crippen LogP contribution in [0.5, 0.6) is 11.5 Å². The molecule has 25 nitrogen and oxygen atoms in total. The molecule has 0 radical (unpaired) electrons. The number of likely N-dealkylation sites (tertiary alicyclic amines) is 1. The lowest BCUT2D eigenvalue weighted by Crippen LogP contribution is -2.64. The lowest BCUT2D eigenvalue weighted by molar-refractivity contribution is -0.920. The average molecular weight is 1270 g/mol. The third-order valence-corrected chi connectivity index (χ3v) is 18.0. The van der Waals surface area contributed by atoms with Gasteiger partial charge in [-0.3, -0.25) is 33.6 Å². The molecule has 0 aromatic heterocycles. The molecule has 4 heterocycles. The summed E-state index contributed by atoms with van der Waals surface area (Å²) in [6.45, 7) is 6.41. The topological polar surface area (TPSA) is 366 Å². The Hall–Kier alpha value is -7.59. The van der Waals surface area contributed by atoms with E-state index in [1.54, 1.807) is 12.1 Å². The standard InChI is InChI=1S/C66H88N8O17/c1-7-8-11-30-90-48-27-23-42(24-28-48)40-15-13-39(14-16-40)41-17-19-44(20-18-41)59(83)67-49-32-51(79)64(91-35-45-12-9-10-29-74(45,5)6)71-63(87)55-56(80)36(2)33-73(55)66(89)53(38(4)76)69-62(86)54(58(82)57(81)43-21-25-46(77)26-22-43)70-61(85)50-31-47(78)34-72(50)65(88)52(37(3)75)68-60(49)84/h13-28,36-38,45,47,49-58,64,75-76,78-82H,7-12,29-35H2,1-6H3,(H5-,67,68,69,70,71,77,83,84,85,86,87)/p+1/t36-,37+,38+,45+,47+,49-,50-,51+,52-,53-,54-,55-,56-,57-,58-,64+/m0/s1. The molecule has 4 aliphatic rings. The number of likely N-dealkylation sites (N-methyl/N-ethyl adjacent to an activating group) is 1. The molecular weight excluding hydrogens is 1180 g/mol. The van der Waals surface area contributed by atoms with E-state index >= 15 is 0 Å². The van der Waals surface area contributed by atoms with Gasteiger partial charge in [0, 0.05) is 43.8 Å². The van der Waals surface area contributed by atoms with Gasteiger partial charge in [0.15, 0.2) is 6.23 Å². The maximum Gasteiger partial charge on any atom is 0.251 e. The Labute approximate surface area is 529 Å². The first-order chi connectivity index (χ1) is 43.3. The number of phenolic OH excluding ortho intramolecular Hbond substituents is 1. The van der Waals surface area contributed by atoms with Crippen molar-refractivity contribution in [3.05, 3.63) is 108 Å². The van der Waals surface area contributed by atoms with E-state index < -0.39 is 152 Å². The van der Waals surface area contributed by atoms with Crippen molar-refractivity contribution in [2.75, 3.05) is 46.9 Å². The quantitative estimate of drug-likeness (QED) is 0.0512. The molecule has 13 N–H and O–H groups in total. The number of nitrogens with one attached hydrogen (secondary N) is 5. The number of hydrogen-bond acceptors (Lipinski definition) is 17. The minimum absolute atomic E-state index is 0.0556. The largest absolute Gasteiger partial charge is 0.508 e. The van der Waals surface area contributed by atoms with Crippen molar-refractivity contribution in [2.45, 2.75) is 170 Å². The summed E-state index contributed by atoms with van der Waals surface area (Å²) in [5, 5.41) is 103. The molecule has 0 saturated carbocycles. The molecule has 7 amide bonds. The van der Waals surface area contributed by atoms with E-state index in [9.17, 15) is 74.4 Å². The molecule has 0 bridgehead atoms. The number of carbonyl (C=O) groups excluding carboxylic acids is 7. The lowest BCUT2D eigenvalue weighted by atomic mass is 9.96. The van der Waals surface area contributed by atoms with E-state index in [1.165, 1.54) is 43.3 Å². The number of phenols is 1. The van der Waals surface area contributed by atoms with E-state index in [1.807, 2.05) is 62.6 Å². The number of unbranched alkanes of at least 4 members (excludes halogenated alkanes) is 2. The molecule has 0 unspecified atom stereocenters. The Morgan fingerprint density at radius 2 is 1.23 bits per heavy atom. The summed E-state index contributed by atoms with van der Waals surface area (Å²) >= 11 is 0. The fourth-order valence-electron chi connectivity index (χ4n) is 12.3. The molecule has 4 aliphatic heterocycles. The second-order valence-electron chi connectivity index (χ2n) is 25.2. The SMILES string of the molecule is CCCCCOc1ccc(-c2ccc(-c3ccc(C(=O)N[C@H]4C[C@@H](O)[C@@H](OC[C@H]5CCCC[N+]5(C)C)NC(=O)[C@@H]5[C@@H](O)[C@@H](C)CN5C(=O)[C@H]([C@@H](C)O)NC(=O)[C@H]([C@H](O)[C@@H](O)c5ccc(O)cc5)NC(=O)[C@@H]5C[C@@H](O)CN5C(=O)[C@H]([C@@H](C)O)NC4=O)cc3)cc2)cc1. The van der Waals surface area contributed by atoms with Gasteiger partial charge in [-0.05, 0) is 97.3 Å². The van der Waals surface area contributed by atoms with E-state index in [-0.39, 0.29) is 36.1 Å². The maximum atomic E-state index is 14.9. The van der Waals surface area contributed by atoms with Crippen LogP contribution in [0.2, 0.25) is 0 Å². The predicted molar refractivity (Wildman–Crippen MR) is 332 cm³/mol. The number of amides is 7. The Morgan fingerprint density at radius 1 is 0.670 bits per heavy atom. The number of fused-ring (bicyclic) bond motifs is 2. The summed E-state index contributed by atoms with van der Waals surface area (Å²) in [6.07, 6.45) is -10.1. The number of aliphatic hydroxyl groups excluding tert-OH is 7. The number of quaternary nitrogens is 1. The Bertz CT molecular complexity index is 3150. The average Bonchev–Trinajstić information content (AvgIpc) is 1.82. The van der Waals surface area contributed by atoms with Crippen molar-refractivity contribution in [1.82, 2.24) is 36.4 Å². The second kappa shape index (κ2) is 30.7. The third-order valence-electron chi connectivity index (χ3n) is 18.0. The fraction of sp³-hybridized carbons (Fsp3) is 0.530. The lowest BCUT2D eigenvalue weighted by Gasteiger charge is -2.42. The second-order valence-corrected chi connectivity index (χ2v) is 25.2. The number of hydrogen-bond donors (Lipinski definition) is 13. The minimum Gasteiger partial charge on any atom is -0.508 e. The zero-order chi connectivity index (χ0) is 66.0. The summed E-state index contributed by atoms with van der Waals surface area (Å²) in [4.78, 5) is 105. The van der Waals surface area contributed by atoms with E-state index in [4.69, 9.17) is 9.47 Å². The molecule has 8 rings (SSSR count). The molecule has 4 aromatic rings. The van der Waals surface area contributed by atoms with E-state index in [2.05, 4.69) is 33.5 Å². The van der Waals surface area contributed by atoms with Crippen LogP contribution in [-0.4, -0.2) is 229 Å². The van der Waals surface area contributed by atoms with Crippen molar-refractivity contribution in [2.24, 2.45) is 5.92 Å². The van der Waals surface area contributed by atoms with Gasteiger partial charge in [0.2, 0.25) is 35.4 Å². The molecule has 4 fully saturated rings. The Morgan fingerprint density at radius 3 is 1.81 bits per heavy atom. The van der Waals surface area contributed by atoms with Crippen LogP contribution in [0, 0.1) is 5.92 Å². The van der Waals surface area contributed by atoms with Crippen LogP contribution >= 0.6 is 0 Å². The molecule has 4 aromatic carbocycles. The minimum atomic E-state index is -2.29. The van der Waals surface area contributed by atoms with Crippen LogP contribution in [0.1, 0.15) is 101 Å². The molecule has 91 heavy (non-hydrogen) atoms. The highest BCUT2D eigenvalue weighted by Gasteiger charge is 2.51.